The van der Waals surface area contributed by atoms with Crippen molar-refractivity contribution >= 4 is 24.8 Å². The van der Waals surface area contributed by atoms with Crippen LogP contribution in [0.3, 0.4) is 0 Å². The topological polar surface area (TPSA) is 68.2 Å². The second kappa shape index (κ2) is 7.06. The van der Waals surface area contributed by atoms with E-state index in [1.807, 2.05) is 0 Å². The van der Waals surface area contributed by atoms with Gasteiger partial charge in [-0.1, -0.05) is 0 Å². The Balaban J connectivity index is 0.00000112. The van der Waals surface area contributed by atoms with Gasteiger partial charge in [-0.3, -0.25) is 0 Å². The average Bonchev–Trinajstić information content (AvgIpc) is 2.66. The first-order valence-corrected chi connectivity index (χ1v) is 5.00. The molecule has 0 aromatic carbocycles. The quantitative estimate of drug-likeness (QED) is 0.873. The van der Waals surface area contributed by atoms with Crippen LogP contribution in [0.25, 0.3) is 0 Å². The minimum absolute atomic E-state index is 0. The molecule has 2 N–H and O–H groups in total. The summed E-state index contributed by atoms with van der Waals surface area (Å²) in [5, 5.41) is 7.90. The van der Waals surface area contributed by atoms with E-state index in [0.717, 1.165) is 25.4 Å². The number of likely N-dealkylation sites (N-methyl/N-ethyl adjacent to an activating group) is 1. The van der Waals surface area contributed by atoms with Crippen molar-refractivity contribution in [1.82, 2.24) is 15.1 Å². The van der Waals surface area contributed by atoms with Crippen LogP contribution in [-0.4, -0.2) is 35.2 Å². The summed E-state index contributed by atoms with van der Waals surface area (Å²) in [6, 6.07) is 0. The highest BCUT2D eigenvalue weighted by Gasteiger charge is 2.23. The van der Waals surface area contributed by atoms with Crippen molar-refractivity contribution in [2.45, 2.75) is 25.3 Å². The van der Waals surface area contributed by atoms with Gasteiger partial charge < -0.3 is 15.1 Å². The second-order valence-electron chi connectivity index (χ2n) is 3.84. The number of likely N-dealkylation sites (tertiary alicyclic amines) is 1. The monoisotopic (exact) mass is 268 g/mol. The van der Waals surface area contributed by atoms with Crippen LogP contribution in [0.5, 0.6) is 0 Å². The molecule has 2 heterocycles. The molecule has 94 valence electrons. The van der Waals surface area contributed by atoms with Gasteiger partial charge in [0.25, 0.3) is 0 Å². The number of hydrogen-bond donors (Lipinski definition) is 1. The van der Waals surface area contributed by atoms with Crippen LogP contribution in [-0.2, 0) is 6.54 Å². The molecule has 1 aliphatic rings. The lowest BCUT2D eigenvalue weighted by Gasteiger charge is -2.27. The van der Waals surface area contributed by atoms with Crippen molar-refractivity contribution in [1.29, 1.82) is 0 Å². The van der Waals surface area contributed by atoms with E-state index in [1.54, 1.807) is 0 Å². The number of aromatic nitrogens is 2. The molecule has 0 bridgehead atoms. The smallest absolute Gasteiger partial charge is 0.230 e. The molecule has 0 radical (unpaired) electrons. The number of rotatable bonds is 2. The van der Waals surface area contributed by atoms with Gasteiger partial charge in [-0.05, 0) is 26.4 Å². The summed E-state index contributed by atoms with van der Waals surface area (Å²) in [6.45, 7) is 2.50. The van der Waals surface area contributed by atoms with E-state index in [2.05, 4.69) is 22.1 Å². The average molecular weight is 269 g/mol. The van der Waals surface area contributed by atoms with E-state index in [0.29, 0.717) is 18.4 Å². The molecule has 1 fully saturated rings. The number of nitrogens with two attached hydrogens (primary N) is 1. The van der Waals surface area contributed by atoms with E-state index in [4.69, 9.17) is 10.2 Å². The summed E-state index contributed by atoms with van der Waals surface area (Å²) < 4.78 is 5.45. The summed E-state index contributed by atoms with van der Waals surface area (Å²) in [7, 11) is 2.12. The standard InChI is InChI=1S/C9H16N4O.2ClH/c1-13-4-2-3-7(6-13)9-12-11-8(5-10)14-9;;/h7H,2-6,10H2,1H3;2*1H. The van der Waals surface area contributed by atoms with E-state index in [9.17, 15) is 0 Å². The molecule has 1 atom stereocenters. The molecule has 1 unspecified atom stereocenters. The molecule has 1 saturated heterocycles. The predicted molar refractivity (Wildman–Crippen MR) is 66.2 cm³/mol. The zero-order chi connectivity index (χ0) is 9.97. The van der Waals surface area contributed by atoms with Gasteiger partial charge in [0.05, 0.1) is 12.5 Å². The maximum Gasteiger partial charge on any atom is 0.230 e. The van der Waals surface area contributed by atoms with Crippen molar-refractivity contribution in [2.24, 2.45) is 5.73 Å². The molecule has 16 heavy (non-hydrogen) atoms. The first kappa shape index (κ1) is 15.6. The maximum atomic E-state index is 5.45. The molecular weight excluding hydrogens is 251 g/mol. The highest BCUT2D eigenvalue weighted by atomic mass is 35.5. The normalized spacial score (nSPS) is 21.0. The van der Waals surface area contributed by atoms with Gasteiger partial charge in [0.15, 0.2) is 0 Å². The largest absolute Gasteiger partial charge is 0.424 e. The molecule has 0 aliphatic carbocycles. The van der Waals surface area contributed by atoms with E-state index in [-0.39, 0.29) is 24.8 Å². The zero-order valence-corrected chi connectivity index (χ0v) is 10.9. The maximum absolute atomic E-state index is 5.45. The fourth-order valence-corrected chi connectivity index (χ4v) is 1.88. The number of hydrogen-bond acceptors (Lipinski definition) is 5. The molecular formula is C9H18Cl2N4O. The highest BCUT2D eigenvalue weighted by molar-refractivity contribution is 5.85. The molecule has 1 aromatic heterocycles. The molecule has 2 rings (SSSR count). The van der Waals surface area contributed by atoms with E-state index in [1.165, 1.54) is 6.42 Å². The van der Waals surface area contributed by atoms with Crippen LogP contribution in [0, 0.1) is 0 Å². The van der Waals surface area contributed by atoms with Crippen LogP contribution >= 0.6 is 24.8 Å². The van der Waals surface area contributed by atoms with Crippen molar-refractivity contribution < 1.29 is 4.42 Å². The number of nitrogens with zero attached hydrogens (tertiary/aromatic N) is 3. The number of halogens is 2. The third-order valence-corrected chi connectivity index (χ3v) is 2.63. The van der Waals surface area contributed by atoms with Gasteiger partial charge in [0, 0.05) is 6.54 Å². The van der Waals surface area contributed by atoms with Crippen LogP contribution in [0.4, 0.5) is 0 Å². The molecule has 0 spiro atoms. The summed E-state index contributed by atoms with van der Waals surface area (Å²) in [6.07, 6.45) is 2.33. The first-order chi connectivity index (χ1) is 6.79. The second-order valence-corrected chi connectivity index (χ2v) is 3.84. The lowest BCUT2D eigenvalue weighted by atomic mass is 9.99. The van der Waals surface area contributed by atoms with E-state index >= 15 is 0 Å². The van der Waals surface area contributed by atoms with Crippen LogP contribution in [0.1, 0.15) is 30.5 Å². The summed E-state index contributed by atoms with van der Waals surface area (Å²) in [4.78, 5) is 2.29. The Kier molecular flexibility index (Phi) is 6.90. The lowest BCUT2D eigenvalue weighted by molar-refractivity contribution is 0.228. The Morgan fingerprint density at radius 1 is 1.44 bits per heavy atom. The Hall–Kier alpha value is -0.360. The summed E-state index contributed by atoms with van der Waals surface area (Å²) in [5.41, 5.74) is 5.41. The molecule has 5 nitrogen and oxygen atoms in total. The third-order valence-electron chi connectivity index (χ3n) is 2.63. The van der Waals surface area contributed by atoms with Gasteiger partial charge in [-0.25, -0.2) is 0 Å². The van der Waals surface area contributed by atoms with Crippen LogP contribution < -0.4 is 5.73 Å². The predicted octanol–water partition coefficient (Wildman–Crippen LogP) is 1.18. The van der Waals surface area contributed by atoms with Crippen LogP contribution in [0.15, 0.2) is 4.42 Å². The minimum Gasteiger partial charge on any atom is -0.424 e. The molecule has 0 saturated carbocycles. The SMILES string of the molecule is CN1CCCC(c2nnc(CN)o2)C1.Cl.Cl. The van der Waals surface area contributed by atoms with Gasteiger partial charge in [0.1, 0.15) is 0 Å². The Labute approximate surface area is 108 Å². The van der Waals surface area contributed by atoms with Crippen molar-refractivity contribution in [2.75, 3.05) is 20.1 Å². The zero-order valence-electron chi connectivity index (χ0n) is 9.26. The summed E-state index contributed by atoms with van der Waals surface area (Å²) >= 11 is 0. The fourth-order valence-electron chi connectivity index (χ4n) is 1.88. The Morgan fingerprint density at radius 2 is 2.19 bits per heavy atom. The molecule has 1 aromatic rings. The number of piperidine rings is 1. The molecule has 1 aliphatic heterocycles. The summed E-state index contributed by atoms with van der Waals surface area (Å²) in [5.74, 6) is 1.67. The minimum atomic E-state index is 0. The third kappa shape index (κ3) is 3.59. The first-order valence-electron chi connectivity index (χ1n) is 5.00. The fraction of sp³-hybridized carbons (Fsp3) is 0.778. The van der Waals surface area contributed by atoms with Crippen molar-refractivity contribution in [3.05, 3.63) is 11.8 Å². The Bertz CT molecular complexity index is 307. The van der Waals surface area contributed by atoms with Gasteiger partial charge >= 0.3 is 0 Å². The van der Waals surface area contributed by atoms with Crippen molar-refractivity contribution in [3.63, 3.8) is 0 Å². The van der Waals surface area contributed by atoms with Gasteiger partial charge in [-0.15, -0.1) is 35.0 Å². The Morgan fingerprint density at radius 3 is 2.75 bits per heavy atom. The highest BCUT2D eigenvalue weighted by Crippen LogP contribution is 2.24. The lowest BCUT2D eigenvalue weighted by Crippen LogP contribution is -2.30. The van der Waals surface area contributed by atoms with Crippen molar-refractivity contribution in [3.8, 4) is 0 Å². The van der Waals surface area contributed by atoms with E-state index < -0.39 is 0 Å². The van der Waals surface area contributed by atoms with Gasteiger partial charge in [0.2, 0.25) is 11.8 Å². The van der Waals surface area contributed by atoms with Gasteiger partial charge in [-0.2, -0.15) is 0 Å². The molecule has 7 heteroatoms. The van der Waals surface area contributed by atoms with Crippen LogP contribution in [0.2, 0.25) is 0 Å². The molecule has 0 amide bonds.